The van der Waals surface area contributed by atoms with Crippen molar-refractivity contribution in [1.29, 1.82) is 0 Å². The van der Waals surface area contributed by atoms with E-state index in [9.17, 15) is 0 Å². The van der Waals surface area contributed by atoms with E-state index in [1.54, 1.807) is 0 Å². The third-order valence-electron chi connectivity index (χ3n) is 5.12. The number of aliphatic imine (C=N–C) groups is 1. The Hall–Kier alpha value is -0.780. The van der Waals surface area contributed by atoms with E-state index >= 15 is 0 Å². The van der Waals surface area contributed by atoms with Gasteiger partial charge >= 0.3 is 0 Å². The molecule has 1 fully saturated rings. The molecule has 0 radical (unpaired) electrons. The van der Waals surface area contributed by atoms with E-state index in [0.717, 1.165) is 31.9 Å². The fourth-order valence-corrected chi connectivity index (χ4v) is 2.83. The van der Waals surface area contributed by atoms with Crippen molar-refractivity contribution in [3.8, 4) is 0 Å². The van der Waals surface area contributed by atoms with Gasteiger partial charge in [-0.05, 0) is 32.3 Å². The number of aryl methyl sites for hydroxylation is 1. The Morgan fingerprint density at radius 2 is 1.82 bits per heavy atom. The van der Waals surface area contributed by atoms with Crippen LogP contribution in [0.5, 0.6) is 0 Å². The summed E-state index contributed by atoms with van der Waals surface area (Å²) in [5, 5.41) is 3.51. The molecule has 0 aromatic heterocycles. The number of likely N-dealkylation sites (tertiary alicyclic amines) is 1. The number of halogens is 1. The van der Waals surface area contributed by atoms with Gasteiger partial charge in [-0.25, -0.2) is 0 Å². The number of hydrogen-bond acceptors (Lipinski definition) is 1. The van der Waals surface area contributed by atoms with E-state index in [1.807, 2.05) is 7.05 Å². The van der Waals surface area contributed by atoms with E-state index < -0.39 is 0 Å². The fourth-order valence-electron chi connectivity index (χ4n) is 2.83. The minimum Gasteiger partial charge on any atom is -0.356 e. The van der Waals surface area contributed by atoms with Crippen LogP contribution in [-0.2, 0) is 6.42 Å². The third-order valence-corrected chi connectivity index (χ3v) is 5.12. The predicted octanol–water partition coefficient (Wildman–Crippen LogP) is 3.93. The van der Waals surface area contributed by atoms with Crippen molar-refractivity contribution in [1.82, 2.24) is 10.2 Å². The van der Waals surface area contributed by atoms with Crippen molar-refractivity contribution >= 4 is 29.9 Å². The van der Waals surface area contributed by atoms with Gasteiger partial charge in [0.05, 0.1) is 0 Å². The van der Waals surface area contributed by atoms with Gasteiger partial charge in [-0.3, -0.25) is 4.99 Å². The quantitative estimate of drug-likeness (QED) is 0.349. The average molecular weight is 415 g/mol. The molecule has 1 heterocycles. The van der Waals surface area contributed by atoms with E-state index in [1.165, 1.54) is 5.56 Å². The van der Waals surface area contributed by atoms with Crippen LogP contribution in [0.25, 0.3) is 0 Å². The maximum absolute atomic E-state index is 4.45. The normalized spacial score (nSPS) is 19.1. The Morgan fingerprint density at radius 3 is 2.32 bits per heavy atom. The van der Waals surface area contributed by atoms with E-state index in [4.69, 9.17) is 0 Å². The molecule has 2 rings (SSSR count). The lowest BCUT2D eigenvalue weighted by Crippen LogP contribution is -2.72. The first-order valence-electron chi connectivity index (χ1n) is 7.91. The summed E-state index contributed by atoms with van der Waals surface area (Å²) in [6.45, 7) is 11.3. The van der Waals surface area contributed by atoms with Crippen LogP contribution in [-0.4, -0.2) is 36.5 Å². The Kier molecular flexibility index (Phi) is 6.71. The highest BCUT2D eigenvalue weighted by Crippen LogP contribution is 2.46. The van der Waals surface area contributed by atoms with Crippen molar-refractivity contribution in [3.05, 3.63) is 35.9 Å². The number of hydrogen-bond donors (Lipinski definition) is 1. The van der Waals surface area contributed by atoms with Crippen LogP contribution in [0.15, 0.2) is 35.3 Å². The molecule has 0 unspecified atom stereocenters. The molecular weight excluding hydrogens is 385 g/mol. The fraction of sp³-hybridized carbons (Fsp3) is 0.611. The molecule has 1 aromatic rings. The monoisotopic (exact) mass is 415 g/mol. The summed E-state index contributed by atoms with van der Waals surface area (Å²) in [6.07, 6.45) is 2.24. The van der Waals surface area contributed by atoms with Crippen molar-refractivity contribution in [2.75, 3.05) is 20.1 Å². The molecule has 1 aliphatic rings. The first-order valence-corrected chi connectivity index (χ1v) is 7.91. The lowest BCUT2D eigenvalue weighted by molar-refractivity contribution is -0.0667. The van der Waals surface area contributed by atoms with Crippen LogP contribution >= 0.6 is 24.0 Å². The molecule has 124 valence electrons. The molecule has 0 atom stereocenters. The number of benzene rings is 1. The molecule has 0 spiro atoms. The van der Waals surface area contributed by atoms with Gasteiger partial charge in [0, 0.05) is 31.1 Å². The van der Waals surface area contributed by atoms with Gasteiger partial charge in [0.25, 0.3) is 0 Å². The average Bonchev–Trinajstić information content (AvgIpc) is 2.47. The standard InChI is InChI=1S/C18H29N3.HI/c1-17(2)14-21(18(17,3)4)16(19-5)20-13-9-12-15-10-7-6-8-11-15;/h6-8,10-11H,9,12-14H2,1-5H3,(H,19,20);1H. The molecule has 1 aromatic carbocycles. The molecule has 1 aliphatic heterocycles. The number of guanidine groups is 1. The van der Waals surface area contributed by atoms with Gasteiger partial charge in [-0.15, -0.1) is 24.0 Å². The van der Waals surface area contributed by atoms with Crippen molar-refractivity contribution in [2.24, 2.45) is 10.4 Å². The van der Waals surface area contributed by atoms with Crippen molar-refractivity contribution < 1.29 is 0 Å². The summed E-state index contributed by atoms with van der Waals surface area (Å²) in [6, 6.07) is 10.7. The highest BCUT2D eigenvalue weighted by atomic mass is 127. The highest BCUT2D eigenvalue weighted by Gasteiger charge is 2.53. The Bertz CT molecular complexity index is 494. The van der Waals surface area contributed by atoms with Gasteiger partial charge in [0.1, 0.15) is 0 Å². The summed E-state index contributed by atoms with van der Waals surface area (Å²) < 4.78 is 0. The highest BCUT2D eigenvalue weighted by molar-refractivity contribution is 14.0. The first kappa shape index (κ1) is 19.3. The number of nitrogens with one attached hydrogen (secondary N) is 1. The van der Waals surface area contributed by atoms with Crippen LogP contribution in [0.4, 0.5) is 0 Å². The first-order chi connectivity index (χ1) is 9.88. The molecule has 1 saturated heterocycles. The molecule has 22 heavy (non-hydrogen) atoms. The lowest BCUT2D eigenvalue weighted by Gasteiger charge is -2.62. The Morgan fingerprint density at radius 1 is 1.18 bits per heavy atom. The number of rotatable bonds is 4. The smallest absolute Gasteiger partial charge is 0.194 e. The Balaban J connectivity index is 0.00000242. The predicted molar refractivity (Wildman–Crippen MR) is 106 cm³/mol. The minimum atomic E-state index is 0. The van der Waals surface area contributed by atoms with Crippen LogP contribution in [0.3, 0.4) is 0 Å². The van der Waals surface area contributed by atoms with Gasteiger partial charge in [0.2, 0.25) is 0 Å². The summed E-state index contributed by atoms with van der Waals surface area (Å²) in [7, 11) is 1.88. The van der Waals surface area contributed by atoms with Gasteiger partial charge in [0.15, 0.2) is 5.96 Å². The minimum absolute atomic E-state index is 0. The van der Waals surface area contributed by atoms with Crippen LogP contribution < -0.4 is 5.32 Å². The van der Waals surface area contributed by atoms with E-state index in [-0.39, 0.29) is 29.5 Å². The van der Waals surface area contributed by atoms with Gasteiger partial charge in [-0.2, -0.15) is 0 Å². The molecule has 0 aliphatic carbocycles. The van der Waals surface area contributed by atoms with Gasteiger partial charge < -0.3 is 10.2 Å². The zero-order valence-electron chi connectivity index (χ0n) is 14.5. The molecular formula is C18H30IN3. The molecule has 0 saturated carbocycles. The summed E-state index contributed by atoms with van der Waals surface area (Å²) in [4.78, 5) is 6.83. The second kappa shape index (κ2) is 7.66. The number of nitrogens with zero attached hydrogens (tertiary/aromatic N) is 2. The second-order valence-corrected chi connectivity index (χ2v) is 7.09. The summed E-state index contributed by atoms with van der Waals surface area (Å²) in [5.41, 5.74) is 1.91. The molecule has 4 heteroatoms. The molecule has 0 amide bonds. The third kappa shape index (κ3) is 3.94. The van der Waals surface area contributed by atoms with Crippen LogP contribution in [0, 0.1) is 5.41 Å². The topological polar surface area (TPSA) is 27.6 Å². The zero-order chi connectivity index (χ0) is 15.5. The largest absolute Gasteiger partial charge is 0.356 e. The maximum atomic E-state index is 4.45. The lowest BCUT2D eigenvalue weighted by atomic mass is 9.65. The SMILES string of the molecule is CN=C(NCCCc1ccccc1)N1CC(C)(C)C1(C)C.I. The van der Waals surface area contributed by atoms with E-state index in [0.29, 0.717) is 5.41 Å². The van der Waals surface area contributed by atoms with Gasteiger partial charge in [-0.1, -0.05) is 44.2 Å². The van der Waals surface area contributed by atoms with Crippen LogP contribution in [0.1, 0.15) is 39.7 Å². The Labute approximate surface area is 152 Å². The van der Waals surface area contributed by atoms with Crippen molar-refractivity contribution in [2.45, 2.75) is 46.1 Å². The second-order valence-electron chi connectivity index (χ2n) is 7.09. The maximum Gasteiger partial charge on any atom is 0.194 e. The van der Waals surface area contributed by atoms with E-state index in [2.05, 4.69) is 73.2 Å². The van der Waals surface area contributed by atoms with Crippen molar-refractivity contribution in [3.63, 3.8) is 0 Å². The molecule has 3 nitrogen and oxygen atoms in total. The summed E-state index contributed by atoms with van der Waals surface area (Å²) in [5.74, 6) is 1.03. The molecule has 0 bridgehead atoms. The summed E-state index contributed by atoms with van der Waals surface area (Å²) >= 11 is 0. The molecule has 1 N–H and O–H groups in total. The van der Waals surface area contributed by atoms with Crippen LogP contribution in [0.2, 0.25) is 0 Å². The zero-order valence-corrected chi connectivity index (χ0v) is 16.8.